The molecule has 1 aromatic rings. The van der Waals surface area contributed by atoms with Gasteiger partial charge in [0.25, 0.3) is 0 Å². The smallest absolute Gasteiger partial charge is 0.146 e. The van der Waals surface area contributed by atoms with Crippen LogP contribution >= 0.6 is 11.6 Å². The summed E-state index contributed by atoms with van der Waals surface area (Å²) in [5.74, 6) is 0.227. The summed E-state index contributed by atoms with van der Waals surface area (Å²) >= 11 is 5.79. The Balaban J connectivity index is 3.23. The zero-order valence-corrected chi connectivity index (χ0v) is 8.45. The molecule has 0 saturated carbocycles. The molecule has 0 aliphatic heterocycles. The van der Waals surface area contributed by atoms with E-state index in [1.807, 2.05) is 0 Å². The van der Waals surface area contributed by atoms with Gasteiger partial charge in [-0.3, -0.25) is 0 Å². The summed E-state index contributed by atoms with van der Waals surface area (Å²) in [5, 5.41) is 18.3. The number of ether oxygens (including phenoxy) is 1. The van der Waals surface area contributed by atoms with Crippen LogP contribution in [0.5, 0.6) is 11.5 Å². The molecule has 0 amide bonds. The minimum atomic E-state index is -0.567. The highest BCUT2D eigenvalue weighted by Gasteiger charge is 2.16. The number of phenols is 1. The van der Waals surface area contributed by atoms with Gasteiger partial charge in [0.2, 0.25) is 0 Å². The summed E-state index contributed by atoms with van der Waals surface area (Å²) in [6.45, 7) is -0.211. The highest BCUT2D eigenvalue weighted by molar-refractivity contribution is 6.33. The summed E-state index contributed by atoms with van der Waals surface area (Å²) in [6.07, 6.45) is 0. The average molecular weight is 218 g/mol. The van der Waals surface area contributed by atoms with E-state index < -0.39 is 6.04 Å². The van der Waals surface area contributed by atoms with Crippen molar-refractivity contribution in [3.05, 3.63) is 22.7 Å². The van der Waals surface area contributed by atoms with Gasteiger partial charge in [0.1, 0.15) is 16.5 Å². The number of rotatable bonds is 3. The molecule has 0 spiro atoms. The molecule has 1 atom stereocenters. The van der Waals surface area contributed by atoms with Crippen LogP contribution in [0.15, 0.2) is 12.1 Å². The minimum absolute atomic E-state index is 0.0718. The highest BCUT2D eigenvalue weighted by Crippen LogP contribution is 2.38. The SMILES string of the molecule is COc1c(C(N)CO)ccc(O)c1Cl. The van der Waals surface area contributed by atoms with Gasteiger partial charge in [-0.05, 0) is 12.1 Å². The van der Waals surface area contributed by atoms with Gasteiger partial charge in [-0.1, -0.05) is 11.6 Å². The lowest BCUT2D eigenvalue weighted by molar-refractivity contribution is 0.264. The van der Waals surface area contributed by atoms with Crippen LogP contribution in [0.3, 0.4) is 0 Å². The number of methoxy groups -OCH3 is 1. The van der Waals surface area contributed by atoms with Crippen molar-refractivity contribution in [3.63, 3.8) is 0 Å². The molecular formula is C9H12ClNO3. The maximum atomic E-state index is 9.29. The van der Waals surface area contributed by atoms with E-state index in [1.165, 1.54) is 13.2 Å². The van der Waals surface area contributed by atoms with Crippen LogP contribution in [0.4, 0.5) is 0 Å². The molecule has 0 fully saturated rings. The van der Waals surface area contributed by atoms with Crippen LogP contribution in [-0.4, -0.2) is 23.9 Å². The fraction of sp³-hybridized carbons (Fsp3) is 0.333. The van der Waals surface area contributed by atoms with Gasteiger partial charge in [-0.2, -0.15) is 0 Å². The molecule has 0 aromatic heterocycles. The Morgan fingerprint density at radius 3 is 2.71 bits per heavy atom. The standard InChI is InChI=1S/C9H12ClNO3/c1-14-9-5(6(11)4-12)2-3-7(13)8(9)10/h2-3,6,12-13H,4,11H2,1H3. The number of phenolic OH excluding ortho intramolecular Hbond substituents is 1. The third-order valence-electron chi connectivity index (χ3n) is 1.91. The van der Waals surface area contributed by atoms with E-state index >= 15 is 0 Å². The van der Waals surface area contributed by atoms with Crippen molar-refractivity contribution in [2.45, 2.75) is 6.04 Å². The normalized spacial score (nSPS) is 12.6. The van der Waals surface area contributed by atoms with Crippen molar-refractivity contribution in [3.8, 4) is 11.5 Å². The van der Waals surface area contributed by atoms with Gasteiger partial charge >= 0.3 is 0 Å². The zero-order valence-electron chi connectivity index (χ0n) is 7.70. The number of aromatic hydroxyl groups is 1. The van der Waals surface area contributed by atoms with Gasteiger partial charge in [-0.25, -0.2) is 0 Å². The lowest BCUT2D eigenvalue weighted by atomic mass is 10.1. The van der Waals surface area contributed by atoms with Crippen molar-refractivity contribution in [2.75, 3.05) is 13.7 Å². The summed E-state index contributed by atoms with van der Waals surface area (Å²) in [7, 11) is 1.42. The van der Waals surface area contributed by atoms with Crippen molar-refractivity contribution in [1.29, 1.82) is 0 Å². The molecular weight excluding hydrogens is 206 g/mol. The molecule has 0 heterocycles. The van der Waals surface area contributed by atoms with Gasteiger partial charge < -0.3 is 20.7 Å². The first kappa shape index (κ1) is 11.1. The van der Waals surface area contributed by atoms with E-state index in [-0.39, 0.29) is 17.4 Å². The largest absolute Gasteiger partial charge is 0.506 e. The number of aliphatic hydroxyl groups excluding tert-OH is 1. The lowest BCUT2D eigenvalue weighted by Gasteiger charge is -2.15. The second-order valence-electron chi connectivity index (χ2n) is 2.81. The first-order chi connectivity index (χ1) is 6.61. The molecule has 0 radical (unpaired) electrons. The minimum Gasteiger partial charge on any atom is -0.506 e. The quantitative estimate of drug-likeness (QED) is 0.707. The number of hydrogen-bond donors (Lipinski definition) is 3. The molecule has 1 aromatic carbocycles. The van der Waals surface area contributed by atoms with Crippen LogP contribution in [0.25, 0.3) is 0 Å². The van der Waals surface area contributed by atoms with Crippen molar-refractivity contribution in [1.82, 2.24) is 0 Å². The molecule has 0 bridgehead atoms. The van der Waals surface area contributed by atoms with E-state index in [1.54, 1.807) is 6.07 Å². The Hall–Kier alpha value is -0.970. The number of hydrogen-bond acceptors (Lipinski definition) is 4. The zero-order chi connectivity index (χ0) is 10.7. The fourth-order valence-electron chi connectivity index (χ4n) is 1.16. The number of benzene rings is 1. The van der Waals surface area contributed by atoms with Crippen molar-refractivity contribution < 1.29 is 14.9 Å². The highest BCUT2D eigenvalue weighted by atomic mass is 35.5. The Morgan fingerprint density at radius 1 is 1.57 bits per heavy atom. The maximum Gasteiger partial charge on any atom is 0.146 e. The van der Waals surface area contributed by atoms with Crippen LogP contribution in [-0.2, 0) is 0 Å². The number of aliphatic hydroxyl groups is 1. The van der Waals surface area contributed by atoms with Crippen LogP contribution in [0.2, 0.25) is 5.02 Å². The molecule has 1 rings (SSSR count). The second-order valence-corrected chi connectivity index (χ2v) is 3.19. The predicted octanol–water partition coefficient (Wildman–Crippen LogP) is 1.05. The Labute approximate surface area is 86.9 Å². The van der Waals surface area contributed by atoms with Gasteiger partial charge in [-0.15, -0.1) is 0 Å². The summed E-state index contributed by atoms with van der Waals surface area (Å²) in [4.78, 5) is 0. The first-order valence-electron chi connectivity index (χ1n) is 4.03. The van der Waals surface area contributed by atoms with Crippen molar-refractivity contribution >= 4 is 11.6 Å². The molecule has 14 heavy (non-hydrogen) atoms. The summed E-state index contributed by atoms with van der Waals surface area (Å²) in [5.41, 5.74) is 6.19. The molecule has 4 N–H and O–H groups in total. The van der Waals surface area contributed by atoms with Gasteiger partial charge in [0.15, 0.2) is 0 Å². The first-order valence-corrected chi connectivity index (χ1v) is 4.41. The maximum absolute atomic E-state index is 9.29. The third-order valence-corrected chi connectivity index (χ3v) is 2.27. The fourth-order valence-corrected chi connectivity index (χ4v) is 1.41. The average Bonchev–Trinajstić information content (AvgIpc) is 2.20. The second kappa shape index (κ2) is 4.50. The number of halogens is 1. The Bertz CT molecular complexity index is 330. The van der Waals surface area contributed by atoms with Crippen molar-refractivity contribution in [2.24, 2.45) is 5.73 Å². The molecule has 0 saturated heterocycles. The van der Waals surface area contributed by atoms with E-state index in [0.717, 1.165) is 0 Å². The Morgan fingerprint density at radius 2 is 2.21 bits per heavy atom. The third kappa shape index (κ3) is 1.92. The lowest BCUT2D eigenvalue weighted by Crippen LogP contribution is -2.15. The monoisotopic (exact) mass is 217 g/mol. The van der Waals surface area contributed by atoms with Gasteiger partial charge in [0.05, 0.1) is 19.8 Å². The van der Waals surface area contributed by atoms with Crippen LogP contribution in [0, 0.1) is 0 Å². The van der Waals surface area contributed by atoms with Crippen LogP contribution in [0.1, 0.15) is 11.6 Å². The Kier molecular flexibility index (Phi) is 3.57. The number of nitrogens with two attached hydrogens (primary N) is 1. The summed E-state index contributed by atoms with van der Waals surface area (Å²) in [6, 6.07) is 2.42. The molecule has 5 heteroatoms. The molecule has 0 aliphatic carbocycles. The van der Waals surface area contributed by atoms with E-state index in [0.29, 0.717) is 11.3 Å². The molecule has 78 valence electrons. The van der Waals surface area contributed by atoms with Gasteiger partial charge in [0, 0.05) is 5.56 Å². The van der Waals surface area contributed by atoms with E-state index in [4.69, 9.17) is 27.2 Å². The van der Waals surface area contributed by atoms with Crippen LogP contribution < -0.4 is 10.5 Å². The molecule has 1 unspecified atom stereocenters. The molecule has 4 nitrogen and oxygen atoms in total. The molecule has 0 aliphatic rings. The van der Waals surface area contributed by atoms with E-state index in [2.05, 4.69) is 0 Å². The predicted molar refractivity (Wildman–Crippen MR) is 53.7 cm³/mol. The topological polar surface area (TPSA) is 75.7 Å². The van der Waals surface area contributed by atoms with E-state index in [9.17, 15) is 5.11 Å². The summed E-state index contributed by atoms with van der Waals surface area (Å²) < 4.78 is 5.00.